The fourth-order valence-electron chi connectivity index (χ4n) is 3.96. The van der Waals surface area contributed by atoms with Gasteiger partial charge in [-0.25, -0.2) is 0 Å². The first-order chi connectivity index (χ1) is 12.0. The molecule has 3 unspecified atom stereocenters. The number of ketones is 1. The second-order valence-corrected chi connectivity index (χ2v) is 8.99. The first-order valence-corrected chi connectivity index (χ1v) is 10.2. The van der Waals surface area contributed by atoms with E-state index in [2.05, 4.69) is 13.8 Å². The van der Waals surface area contributed by atoms with E-state index in [0.717, 1.165) is 6.42 Å². The van der Waals surface area contributed by atoms with Gasteiger partial charge in [-0.05, 0) is 37.5 Å². The third kappa shape index (κ3) is 4.73. The minimum atomic E-state index is -1.82. The molecular formula is C21H39NO4. The number of Topliss-reactive ketones (excluding diaryl/α,β-unsaturated/α-hetero) is 1. The van der Waals surface area contributed by atoms with Gasteiger partial charge in [-0.2, -0.15) is 0 Å². The summed E-state index contributed by atoms with van der Waals surface area (Å²) in [7, 11) is 0. The van der Waals surface area contributed by atoms with Crippen molar-refractivity contribution in [2.75, 3.05) is 0 Å². The Bertz CT molecular complexity index is 490. The molecule has 5 heteroatoms. The van der Waals surface area contributed by atoms with E-state index in [1.54, 1.807) is 6.92 Å². The SMILES string of the molecule is CCC(C)C(=O)C1C(=N)[C@@H](CCC(C)C)[C@](O)([C@H](O)CCC(C)C)C1O. The van der Waals surface area contributed by atoms with E-state index in [1.165, 1.54) is 0 Å². The molecule has 0 bridgehead atoms. The molecule has 0 aliphatic heterocycles. The number of hydrogen-bond acceptors (Lipinski definition) is 5. The predicted octanol–water partition coefficient (Wildman–Crippen LogP) is 3.19. The lowest BCUT2D eigenvalue weighted by molar-refractivity contribution is -0.166. The zero-order valence-corrected chi connectivity index (χ0v) is 17.3. The molecule has 1 fully saturated rings. The van der Waals surface area contributed by atoms with E-state index in [4.69, 9.17) is 5.41 Å². The highest BCUT2D eigenvalue weighted by Crippen LogP contribution is 2.45. The van der Waals surface area contributed by atoms with Crippen molar-refractivity contribution in [3.63, 3.8) is 0 Å². The Morgan fingerprint density at radius 1 is 1.12 bits per heavy atom. The highest BCUT2D eigenvalue weighted by atomic mass is 16.4. The second-order valence-electron chi connectivity index (χ2n) is 8.99. The molecule has 0 aromatic rings. The first kappa shape index (κ1) is 23.3. The molecule has 0 spiro atoms. The molecule has 6 atom stereocenters. The molecule has 152 valence electrons. The summed E-state index contributed by atoms with van der Waals surface area (Å²) in [5.74, 6) is -1.44. The van der Waals surface area contributed by atoms with Gasteiger partial charge in [0.1, 0.15) is 17.5 Å². The third-order valence-corrected chi connectivity index (χ3v) is 6.05. The van der Waals surface area contributed by atoms with E-state index < -0.39 is 29.6 Å². The minimum absolute atomic E-state index is 0.0922. The summed E-state index contributed by atoms with van der Waals surface area (Å²) >= 11 is 0. The van der Waals surface area contributed by atoms with Crippen LogP contribution in [-0.2, 0) is 4.79 Å². The van der Waals surface area contributed by atoms with Gasteiger partial charge in [-0.1, -0.05) is 48.0 Å². The average molecular weight is 370 g/mol. The standard InChI is InChI=1S/C21H39NO4/c1-7-14(6)19(24)17-18(22)15(10-8-12(2)3)21(26,20(17)25)16(23)11-9-13(4)5/h12-17,20,22-23,25-26H,7-11H2,1-6H3/t14?,15-,16-,17?,20?,21+/m1/s1. The molecule has 26 heavy (non-hydrogen) atoms. The molecule has 4 N–H and O–H groups in total. The zero-order chi connectivity index (χ0) is 20.2. The predicted molar refractivity (Wildman–Crippen MR) is 104 cm³/mol. The van der Waals surface area contributed by atoms with Crippen LogP contribution in [-0.4, -0.2) is 44.6 Å². The number of aliphatic hydroxyl groups is 3. The Balaban J connectivity index is 3.19. The molecule has 0 aromatic heterocycles. The van der Waals surface area contributed by atoms with Gasteiger partial charge >= 0.3 is 0 Å². The first-order valence-electron chi connectivity index (χ1n) is 10.2. The Hall–Kier alpha value is -0.780. The fourth-order valence-corrected chi connectivity index (χ4v) is 3.96. The normalized spacial score (nSPS) is 31.7. The lowest BCUT2D eigenvalue weighted by Crippen LogP contribution is -2.55. The number of carbonyl (C=O) groups excluding carboxylic acids is 1. The number of hydrogen-bond donors (Lipinski definition) is 4. The third-order valence-electron chi connectivity index (χ3n) is 6.05. The minimum Gasteiger partial charge on any atom is -0.390 e. The van der Waals surface area contributed by atoms with Gasteiger partial charge < -0.3 is 20.7 Å². The van der Waals surface area contributed by atoms with Crippen LogP contribution in [0.15, 0.2) is 0 Å². The zero-order valence-electron chi connectivity index (χ0n) is 17.3. The van der Waals surface area contributed by atoms with Crippen LogP contribution >= 0.6 is 0 Å². The van der Waals surface area contributed by atoms with Crippen LogP contribution in [0.25, 0.3) is 0 Å². The van der Waals surface area contributed by atoms with Gasteiger partial charge in [0.05, 0.1) is 12.0 Å². The summed E-state index contributed by atoms with van der Waals surface area (Å²) in [5.41, 5.74) is -1.73. The van der Waals surface area contributed by atoms with Crippen molar-refractivity contribution in [1.29, 1.82) is 5.41 Å². The van der Waals surface area contributed by atoms with Crippen LogP contribution in [0.2, 0.25) is 0 Å². The van der Waals surface area contributed by atoms with Gasteiger partial charge in [-0.3, -0.25) is 4.79 Å². The van der Waals surface area contributed by atoms with Crippen molar-refractivity contribution in [2.24, 2.45) is 29.6 Å². The molecule has 0 radical (unpaired) electrons. The lowest BCUT2D eigenvalue weighted by Gasteiger charge is -2.38. The Kier molecular flexibility index (Phi) is 8.43. The molecule has 1 saturated carbocycles. The van der Waals surface area contributed by atoms with Gasteiger partial charge in [0.25, 0.3) is 0 Å². The number of aliphatic hydroxyl groups excluding tert-OH is 2. The number of carbonyl (C=O) groups is 1. The summed E-state index contributed by atoms with van der Waals surface area (Å²) in [6, 6.07) is 0. The van der Waals surface area contributed by atoms with Gasteiger partial charge in [0.15, 0.2) is 0 Å². The molecule has 1 rings (SSSR count). The smallest absolute Gasteiger partial charge is 0.147 e. The Morgan fingerprint density at radius 3 is 2.12 bits per heavy atom. The molecule has 0 aromatic carbocycles. The molecule has 0 saturated heterocycles. The van der Waals surface area contributed by atoms with Crippen LogP contribution in [0.1, 0.15) is 73.6 Å². The molecule has 1 aliphatic rings. The number of nitrogens with one attached hydrogen (secondary N) is 1. The maximum Gasteiger partial charge on any atom is 0.147 e. The fraction of sp³-hybridized carbons (Fsp3) is 0.905. The van der Waals surface area contributed by atoms with Crippen molar-refractivity contribution in [3.05, 3.63) is 0 Å². The van der Waals surface area contributed by atoms with Crippen molar-refractivity contribution < 1.29 is 20.1 Å². The second kappa shape index (κ2) is 9.43. The van der Waals surface area contributed by atoms with Crippen LogP contribution in [0.4, 0.5) is 0 Å². The topological polar surface area (TPSA) is 102 Å². The molecule has 0 amide bonds. The summed E-state index contributed by atoms with van der Waals surface area (Å²) < 4.78 is 0. The van der Waals surface area contributed by atoms with E-state index in [1.807, 2.05) is 20.8 Å². The van der Waals surface area contributed by atoms with Gasteiger partial charge in [-0.15, -0.1) is 0 Å². The van der Waals surface area contributed by atoms with Crippen LogP contribution in [0, 0.1) is 35.0 Å². The Labute approximate surface area is 158 Å². The maximum absolute atomic E-state index is 12.8. The maximum atomic E-state index is 12.8. The molecule has 5 nitrogen and oxygen atoms in total. The van der Waals surface area contributed by atoms with Crippen molar-refractivity contribution in [2.45, 2.75) is 91.5 Å². The summed E-state index contributed by atoms with van der Waals surface area (Å²) in [5, 5.41) is 41.6. The Morgan fingerprint density at radius 2 is 1.65 bits per heavy atom. The van der Waals surface area contributed by atoms with Crippen molar-refractivity contribution in [3.8, 4) is 0 Å². The average Bonchev–Trinajstić information content (AvgIpc) is 2.76. The van der Waals surface area contributed by atoms with Crippen LogP contribution in [0.3, 0.4) is 0 Å². The van der Waals surface area contributed by atoms with Crippen molar-refractivity contribution >= 4 is 11.5 Å². The van der Waals surface area contributed by atoms with Crippen LogP contribution in [0.5, 0.6) is 0 Å². The van der Waals surface area contributed by atoms with E-state index >= 15 is 0 Å². The quantitative estimate of drug-likeness (QED) is 0.475. The number of rotatable bonds is 10. The molecular weight excluding hydrogens is 330 g/mol. The summed E-state index contributed by atoms with van der Waals surface area (Å²) in [6.45, 7) is 11.9. The molecule has 0 heterocycles. The molecule has 1 aliphatic carbocycles. The summed E-state index contributed by atoms with van der Waals surface area (Å²) in [6.07, 6.45) is 0.380. The van der Waals surface area contributed by atoms with Gasteiger partial charge in [0, 0.05) is 17.5 Å². The monoisotopic (exact) mass is 369 g/mol. The van der Waals surface area contributed by atoms with E-state index in [0.29, 0.717) is 37.5 Å². The lowest BCUT2D eigenvalue weighted by atomic mass is 9.78. The largest absolute Gasteiger partial charge is 0.390 e. The van der Waals surface area contributed by atoms with E-state index in [-0.39, 0.29) is 17.4 Å². The summed E-state index contributed by atoms with van der Waals surface area (Å²) in [4.78, 5) is 12.8. The van der Waals surface area contributed by atoms with Crippen LogP contribution < -0.4 is 0 Å². The van der Waals surface area contributed by atoms with E-state index in [9.17, 15) is 20.1 Å². The van der Waals surface area contributed by atoms with Crippen molar-refractivity contribution in [1.82, 2.24) is 0 Å². The van der Waals surface area contributed by atoms with Gasteiger partial charge in [0.2, 0.25) is 0 Å². The highest BCUT2D eigenvalue weighted by Gasteiger charge is 2.62. The highest BCUT2D eigenvalue weighted by molar-refractivity contribution is 6.08.